The van der Waals surface area contributed by atoms with E-state index in [2.05, 4.69) is 0 Å². The zero-order valence-electron chi connectivity index (χ0n) is 13.4. The number of aliphatic hydroxyl groups excluding tert-OH is 1. The van der Waals surface area contributed by atoms with E-state index < -0.39 is 28.4 Å². The normalized spacial score (nSPS) is 17.5. The van der Waals surface area contributed by atoms with Gasteiger partial charge in [0.15, 0.2) is 11.5 Å². The molecular formula is C16H18N2O6. The van der Waals surface area contributed by atoms with E-state index in [1.54, 1.807) is 6.07 Å². The summed E-state index contributed by atoms with van der Waals surface area (Å²) >= 11 is 0. The highest BCUT2D eigenvalue weighted by molar-refractivity contribution is 6.08. The number of ether oxygens (including phenoxy) is 1. The number of non-ortho nitro benzene ring substituents is 1. The minimum atomic E-state index is -0.841. The van der Waals surface area contributed by atoms with Gasteiger partial charge in [0.05, 0.1) is 16.5 Å². The third-order valence-electron chi connectivity index (χ3n) is 3.83. The molecule has 1 unspecified atom stereocenters. The first-order valence-electron chi connectivity index (χ1n) is 7.36. The van der Waals surface area contributed by atoms with Gasteiger partial charge in [0.25, 0.3) is 11.6 Å². The van der Waals surface area contributed by atoms with E-state index >= 15 is 0 Å². The molecule has 1 aliphatic heterocycles. The maximum Gasteiger partial charge on any atom is 0.290 e. The molecule has 24 heavy (non-hydrogen) atoms. The molecule has 1 heterocycles. The van der Waals surface area contributed by atoms with Gasteiger partial charge in [0.1, 0.15) is 0 Å². The smallest absolute Gasteiger partial charge is 0.290 e. The van der Waals surface area contributed by atoms with Crippen LogP contribution in [-0.2, 0) is 14.3 Å². The maximum absolute atomic E-state index is 12.3. The molecule has 1 aliphatic rings. The second kappa shape index (κ2) is 7.22. The molecule has 8 nitrogen and oxygen atoms in total. The van der Waals surface area contributed by atoms with Crippen molar-refractivity contribution in [2.45, 2.75) is 19.4 Å². The molecule has 0 spiro atoms. The highest BCUT2D eigenvalue weighted by Gasteiger charge is 2.42. The summed E-state index contributed by atoms with van der Waals surface area (Å²) in [5.41, 5.74) is 0.216. The molecular weight excluding hydrogens is 316 g/mol. The first-order chi connectivity index (χ1) is 11.4. The van der Waals surface area contributed by atoms with Crippen molar-refractivity contribution in [2.75, 3.05) is 20.3 Å². The summed E-state index contributed by atoms with van der Waals surface area (Å²) in [4.78, 5) is 36.0. The molecule has 0 fully saturated rings. The van der Waals surface area contributed by atoms with Crippen LogP contribution in [-0.4, -0.2) is 46.9 Å². The van der Waals surface area contributed by atoms with Crippen LogP contribution in [0, 0.1) is 10.1 Å². The molecule has 1 N–H and O–H groups in total. The van der Waals surface area contributed by atoms with Gasteiger partial charge >= 0.3 is 0 Å². The van der Waals surface area contributed by atoms with Gasteiger partial charge in [0, 0.05) is 32.4 Å². The number of aliphatic hydroxyl groups is 1. The van der Waals surface area contributed by atoms with E-state index in [1.165, 1.54) is 37.1 Å². The first kappa shape index (κ1) is 17.6. The van der Waals surface area contributed by atoms with E-state index in [4.69, 9.17) is 4.74 Å². The fourth-order valence-electron chi connectivity index (χ4n) is 2.78. The molecule has 0 aromatic heterocycles. The monoisotopic (exact) mass is 334 g/mol. The summed E-state index contributed by atoms with van der Waals surface area (Å²) in [6.45, 7) is 1.91. The molecule has 0 saturated heterocycles. The molecule has 2 rings (SSSR count). The highest BCUT2D eigenvalue weighted by Crippen LogP contribution is 2.38. The second-order valence-corrected chi connectivity index (χ2v) is 5.42. The number of hydrogen-bond acceptors (Lipinski definition) is 6. The van der Waals surface area contributed by atoms with Crippen molar-refractivity contribution in [3.05, 3.63) is 51.3 Å². The van der Waals surface area contributed by atoms with Gasteiger partial charge in [-0.15, -0.1) is 0 Å². The van der Waals surface area contributed by atoms with Crippen molar-refractivity contribution in [2.24, 2.45) is 0 Å². The number of carbonyl (C=O) groups excluding carboxylic acids is 2. The van der Waals surface area contributed by atoms with Gasteiger partial charge in [-0.05, 0) is 18.9 Å². The van der Waals surface area contributed by atoms with Crippen LogP contribution in [0.5, 0.6) is 0 Å². The molecule has 1 aromatic rings. The molecule has 0 saturated carbocycles. The second-order valence-electron chi connectivity index (χ2n) is 5.42. The Balaban J connectivity index is 2.46. The van der Waals surface area contributed by atoms with Gasteiger partial charge in [-0.25, -0.2) is 0 Å². The number of Topliss-reactive ketones (excluding diaryl/α,β-unsaturated/α-hetero) is 1. The number of nitrogens with zero attached hydrogens (tertiary/aromatic N) is 2. The Labute approximate surface area is 138 Å². The predicted molar refractivity (Wildman–Crippen MR) is 84.4 cm³/mol. The van der Waals surface area contributed by atoms with Crippen LogP contribution in [0.4, 0.5) is 5.69 Å². The Morgan fingerprint density at radius 3 is 2.75 bits per heavy atom. The predicted octanol–water partition coefficient (Wildman–Crippen LogP) is 1.92. The van der Waals surface area contributed by atoms with Crippen LogP contribution < -0.4 is 0 Å². The topological polar surface area (TPSA) is 110 Å². The SMILES string of the molecule is COCCCN1C(=O)C(O)=C(C(C)=O)C1c1cccc([N+](=O)[O-])c1. The van der Waals surface area contributed by atoms with Crippen molar-refractivity contribution in [3.63, 3.8) is 0 Å². The Morgan fingerprint density at radius 2 is 2.17 bits per heavy atom. The Kier molecular flexibility index (Phi) is 5.30. The van der Waals surface area contributed by atoms with Crippen LogP contribution in [0.3, 0.4) is 0 Å². The van der Waals surface area contributed by atoms with Crippen LogP contribution >= 0.6 is 0 Å². The number of carbonyl (C=O) groups is 2. The molecule has 0 radical (unpaired) electrons. The van der Waals surface area contributed by atoms with Crippen LogP contribution in [0.1, 0.15) is 24.9 Å². The molecule has 1 atom stereocenters. The van der Waals surface area contributed by atoms with E-state index in [-0.39, 0.29) is 17.8 Å². The van der Waals surface area contributed by atoms with Gasteiger partial charge in [-0.1, -0.05) is 12.1 Å². The number of amides is 1. The van der Waals surface area contributed by atoms with Gasteiger partial charge < -0.3 is 14.7 Å². The Bertz CT molecular complexity index is 712. The molecule has 1 amide bonds. The zero-order valence-corrected chi connectivity index (χ0v) is 13.4. The molecule has 0 bridgehead atoms. The number of hydrogen-bond donors (Lipinski definition) is 1. The summed E-state index contributed by atoms with van der Waals surface area (Å²) < 4.78 is 4.96. The van der Waals surface area contributed by atoms with E-state index in [1.807, 2.05) is 0 Å². The van der Waals surface area contributed by atoms with Gasteiger partial charge in [-0.3, -0.25) is 19.7 Å². The van der Waals surface area contributed by atoms with E-state index in [0.29, 0.717) is 18.6 Å². The molecule has 128 valence electrons. The van der Waals surface area contributed by atoms with Crippen molar-refractivity contribution in [3.8, 4) is 0 Å². The first-order valence-corrected chi connectivity index (χ1v) is 7.36. The minimum absolute atomic E-state index is 0.0436. The number of nitro groups is 1. The largest absolute Gasteiger partial charge is 0.503 e. The van der Waals surface area contributed by atoms with Crippen molar-refractivity contribution in [1.29, 1.82) is 0 Å². The Hall–Kier alpha value is -2.74. The fraction of sp³-hybridized carbons (Fsp3) is 0.375. The summed E-state index contributed by atoms with van der Waals surface area (Å²) in [7, 11) is 1.53. The van der Waals surface area contributed by atoms with Crippen molar-refractivity contribution >= 4 is 17.4 Å². The van der Waals surface area contributed by atoms with Crippen LogP contribution in [0.2, 0.25) is 0 Å². The lowest BCUT2D eigenvalue weighted by Crippen LogP contribution is -2.32. The maximum atomic E-state index is 12.3. The summed E-state index contributed by atoms with van der Waals surface area (Å²) in [5.74, 6) is -1.71. The Morgan fingerprint density at radius 1 is 1.46 bits per heavy atom. The lowest BCUT2D eigenvalue weighted by Gasteiger charge is -2.26. The van der Waals surface area contributed by atoms with Crippen molar-refractivity contribution < 1.29 is 24.4 Å². The van der Waals surface area contributed by atoms with Gasteiger partial charge in [-0.2, -0.15) is 0 Å². The third kappa shape index (κ3) is 3.28. The fourth-order valence-corrected chi connectivity index (χ4v) is 2.78. The third-order valence-corrected chi connectivity index (χ3v) is 3.83. The minimum Gasteiger partial charge on any atom is -0.503 e. The van der Waals surface area contributed by atoms with E-state index in [9.17, 15) is 24.8 Å². The zero-order chi connectivity index (χ0) is 17.9. The number of ketones is 1. The molecule has 1 aromatic carbocycles. The summed E-state index contributed by atoms with van der Waals surface area (Å²) in [6.07, 6.45) is 0.506. The number of benzene rings is 1. The molecule has 8 heteroatoms. The standard InChI is InChI=1S/C16H18N2O6/c1-10(19)13-14(11-5-3-6-12(9-11)18(22)23)17(7-4-8-24-2)16(21)15(13)20/h3,5-6,9,14,20H,4,7-8H2,1-2H3. The highest BCUT2D eigenvalue weighted by atomic mass is 16.6. The molecule has 0 aliphatic carbocycles. The van der Waals surface area contributed by atoms with Crippen LogP contribution in [0.15, 0.2) is 35.6 Å². The average Bonchev–Trinajstić information content (AvgIpc) is 2.80. The number of nitro benzene ring substituents is 1. The lowest BCUT2D eigenvalue weighted by atomic mass is 9.96. The quantitative estimate of drug-likeness (QED) is 0.463. The van der Waals surface area contributed by atoms with Crippen molar-refractivity contribution in [1.82, 2.24) is 4.90 Å². The summed E-state index contributed by atoms with van der Waals surface area (Å²) in [5, 5.41) is 21.1. The number of rotatable bonds is 7. The van der Waals surface area contributed by atoms with Gasteiger partial charge in [0.2, 0.25) is 0 Å². The average molecular weight is 334 g/mol. The number of methoxy groups -OCH3 is 1. The van der Waals surface area contributed by atoms with Crippen LogP contribution in [0.25, 0.3) is 0 Å². The lowest BCUT2D eigenvalue weighted by molar-refractivity contribution is -0.384. The van der Waals surface area contributed by atoms with E-state index in [0.717, 1.165) is 0 Å². The summed E-state index contributed by atoms with van der Waals surface area (Å²) in [6, 6.07) is 4.87.